The molecule has 0 atom stereocenters. The summed E-state index contributed by atoms with van der Waals surface area (Å²) in [6.45, 7) is 5.68. The summed E-state index contributed by atoms with van der Waals surface area (Å²) in [5.74, 6) is 1.09. The molecule has 0 aromatic heterocycles. The molecule has 0 aliphatic heterocycles. The van der Waals surface area contributed by atoms with Crippen LogP contribution in [-0.2, 0) is 11.3 Å². The highest BCUT2D eigenvalue weighted by molar-refractivity contribution is 6.31. The summed E-state index contributed by atoms with van der Waals surface area (Å²) >= 11 is 6.13. The Morgan fingerprint density at radius 1 is 1.27 bits per heavy atom. The number of hydrogen-bond acceptors (Lipinski definition) is 2. The molecule has 0 heterocycles. The third-order valence-corrected chi connectivity index (χ3v) is 3.32. The third-order valence-electron chi connectivity index (χ3n) is 2.95. The highest BCUT2D eigenvalue weighted by atomic mass is 35.5. The quantitative estimate of drug-likeness (QED) is 0.622. The lowest BCUT2D eigenvalue weighted by Crippen LogP contribution is -2.44. The summed E-state index contributed by atoms with van der Waals surface area (Å²) in [7, 11) is 3.46. The van der Waals surface area contributed by atoms with Gasteiger partial charge >= 0.3 is 0 Å². The van der Waals surface area contributed by atoms with Crippen LogP contribution in [0.15, 0.2) is 29.3 Å². The minimum Gasteiger partial charge on any atom is -0.356 e. The van der Waals surface area contributed by atoms with Gasteiger partial charge in [-0.2, -0.15) is 0 Å². The smallest absolute Gasteiger partial charge is 0.241 e. The van der Waals surface area contributed by atoms with E-state index in [0.717, 1.165) is 12.1 Å². The summed E-state index contributed by atoms with van der Waals surface area (Å²) < 4.78 is 0. The molecule has 0 spiro atoms. The molecule has 0 bridgehead atoms. The number of halogens is 1. The predicted molar refractivity (Wildman–Crippen MR) is 92.1 cm³/mol. The van der Waals surface area contributed by atoms with Crippen LogP contribution in [0.4, 0.5) is 0 Å². The Kier molecular flexibility index (Phi) is 7.74. The molecule has 6 heteroatoms. The Hall–Kier alpha value is -1.75. The number of nitrogens with zero attached hydrogens (tertiary/aromatic N) is 2. The first-order valence-corrected chi connectivity index (χ1v) is 7.73. The number of carbonyl (C=O) groups is 1. The lowest BCUT2D eigenvalue weighted by atomic mass is 10.2. The van der Waals surface area contributed by atoms with Gasteiger partial charge < -0.3 is 15.5 Å². The first-order chi connectivity index (χ1) is 10.4. The molecule has 0 radical (unpaired) electrons. The largest absolute Gasteiger partial charge is 0.356 e. The molecular weight excluding hydrogens is 300 g/mol. The van der Waals surface area contributed by atoms with Crippen LogP contribution in [0, 0.1) is 5.92 Å². The Labute approximate surface area is 137 Å². The second-order valence-corrected chi connectivity index (χ2v) is 6.08. The first-order valence-electron chi connectivity index (χ1n) is 7.36. The lowest BCUT2D eigenvalue weighted by molar-refractivity contribution is -0.127. The van der Waals surface area contributed by atoms with Crippen molar-refractivity contribution < 1.29 is 4.79 Å². The van der Waals surface area contributed by atoms with E-state index < -0.39 is 0 Å². The van der Waals surface area contributed by atoms with Crippen LogP contribution < -0.4 is 10.6 Å². The van der Waals surface area contributed by atoms with Crippen LogP contribution >= 0.6 is 11.6 Å². The van der Waals surface area contributed by atoms with Crippen molar-refractivity contribution in [3.63, 3.8) is 0 Å². The molecule has 5 nitrogen and oxygen atoms in total. The maximum Gasteiger partial charge on any atom is 0.241 e. The fraction of sp³-hybridized carbons (Fsp3) is 0.500. The fourth-order valence-corrected chi connectivity index (χ4v) is 1.78. The highest BCUT2D eigenvalue weighted by Crippen LogP contribution is 2.15. The second-order valence-electron chi connectivity index (χ2n) is 5.67. The molecule has 0 aliphatic carbocycles. The Bertz CT molecular complexity index is 515. The molecule has 2 N–H and O–H groups in total. The van der Waals surface area contributed by atoms with Crippen molar-refractivity contribution in [2.45, 2.75) is 20.4 Å². The number of benzene rings is 1. The van der Waals surface area contributed by atoms with Crippen molar-refractivity contribution >= 4 is 23.5 Å². The third kappa shape index (κ3) is 6.80. The highest BCUT2D eigenvalue weighted by Gasteiger charge is 2.07. The molecule has 0 saturated heterocycles. The van der Waals surface area contributed by atoms with Gasteiger partial charge in [-0.05, 0) is 17.5 Å². The number of carbonyl (C=O) groups excluding carboxylic acids is 1. The van der Waals surface area contributed by atoms with Gasteiger partial charge in [0.2, 0.25) is 5.91 Å². The zero-order valence-electron chi connectivity index (χ0n) is 13.7. The van der Waals surface area contributed by atoms with Gasteiger partial charge in [0.25, 0.3) is 0 Å². The normalized spacial score (nSPS) is 11.5. The van der Waals surface area contributed by atoms with Crippen LogP contribution in [0.1, 0.15) is 19.4 Å². The van der Waals surface area contributed by atoms with Crippen LogP contribution in [0.2, 0.25) is 5.02 Å². The van der Waals surface area contributed by atoms with Crippen LogP contribution in [0.3, 0.4) is 0 Å². The van der Waals surface area contributed by atoms with E-state index in [2.05, 4.69) is 29.5 Å². The molecule has 0 aliphatic rings. The first kappa shape index (κ1) is 18.3. The van der Waals surface area contributed by atoms with Crippen LogP contribution in [0.25, 0.3) is 0 Å². The van der Waals surface area contributed by atoms with Crippen LogP contribution in [0.5, 0.6) is 0 Å². The Morgan fingerprint density at radius 2 is 1.95 bits per heavy atom. The topological polar surface area (TPSA) is 56.7 Å². The van der Waals surface area contributed by atoms with Crippen LogP contribution in [-0.4, -0.2) is 44.0 Å². The van der Waals surface area contributed by atoms with Crippen molar-refractivity contribution in [3.8, 4) is 0 Å². The molecule has 1 rings (SSSR count). The number of nitrogens with one attached hydrogen (secondary N) is 2. The van der Waals surface area contributed by atoms with Gasteiger partial charge in [-0.1, -0.05) is 43.6 Å². The molecule has 1 aromatic rings. The maximum atomic E-state index is 11.7. The summed E-state index contributed by atoms with van der Waals surface area (Å²) in [6.07, 6.45) is 0. The van der Waals surface area contributed by atoms with E-state index in [-0.39, 0.29) is 12.5 Å². The molecule has 1 amide bonds. The molecule has 1 aromatic carbocycles. The summed E-state index contributed by atoms with van der Waals surface area (Å²) in [5, 5.41) is 6.97. The average molecular weight is 325 g/mol. The number of hydrogen-bond donors (Lipinski definition) is 2. The second kappa shape index (κ2) is 9.30. The minimum atomic E-state index is -0.00297. The summed E-state index contributed by atoms with van der Waals surface area (Å²) in [5.41, 5.74) is 0.953. The lowest BCUT2D eigenvalue weighted by Gasteiger charge is -2.16. The van der Waals surface area contributed by atoms with E-state index in [4.69, 9.17) is 11.6 Å². The van der Waals surface area contributed by atoms with Gasteiger partial charge in [0.15, 0.2) is 5.96 Å². The van der Waals surface area contributed by atoms with E-state index in [9.17, 15) is 4.79 Å². The molecule has 0 fully saturated rings. The van der Waals surface area contributed by atoms with Crippen molar-refractivity contribution in [2.24, 2.45) is 10.9 Å². The van der Waals surface area contributed by atoms with Gasteiger partial charge in [0.05, 0.1) is 13.1 Å². The summed E-state index contributed by atoms with van der Waals surface area (Å²) in [6, 6.07) is 7.61. The van der Waals surface area contributed by atoms with Gasteiger partial charge in [0, 0.05) is 25.7 Å². The fourth-order valence-electron chi connectivity index (χ4n) is 1.58. The number of aliphatic imine (C=N–C) groups is 1. The van der Waals surface area contributed by atoms with E-state index in [1.807, 2.05) is 24.3 Å². The van der Waals surface area contributed by atoms with E-state index in [1.54, 1.807) is 19.0 Å². The summed E-state index contributed by atoms with van der Waals surface area (Å²) in [4.78, 5) is 17.7. The van der Waals surface area contributed by atoms with Crippen molar-refractivity contribution in [1.82, 2.24) is 15.5 Å². The average Bonchev–Trinajstić information content (AvgIpc) is 2.47. The Morgan fingerprint density at radius 3 is 2.55 bits per heavy atom. The monoisotopic (exact) mass is 324 g/mol. The SMILES string of the molecule is CC(C)CNC(=NCc1ccccc1Cl)NCC(=O)N(C)C. The number of rotatable bonds is 6. The minimum absolute atomic E-state index is 0.00297. The molecule has 0 saturated carbocycles. The van der Waals surface area contributed by atoms with E-state index in [0.29, 0.717) is 23.4 Å². The van der Waals surface area contributed by atoms with Gasteiger partial charge in [-0.15, -0.1) is 0 Å². The molecule has 22 heavy (non-hydrogen) atoms. The van der Waals surface area contributed by atoms with E-state index >= 15 is 0 Å². The molecule has 122 valence electrons. The van der Waals surface area contributed by atoms with Crippen molar-refractivity contribution in [3.05, 3.63) is 34.9 Å². The van der Waals surface area contributed by atoms with Gasteiger partial charge in [-0.3, -0.25) is 4.79 Å². The van der Waals surface area contributed by atoms with Gasteiger partial charge in [0.1, 0.15) is 0 Å². The number of guanidine groups is 1. The standard InChI is InChI=1S/C16H25ClN4O/c1-12(2)9-18-16(20-11-15(22)21(3)4)19-10-13-7-5-6-8-14(13)17/h5-8,12H,9-11H2,1-4H3,(H2,18,19,20). The number of likely N-dealkylation sites (N-methyl/N-ethyl adjacent to an activating group) is 1. The molecular formula is C16H25ClN4O. The van der Waals surface area contributed by atoms with Crippen molar-refractivity contribution in [2.75, 3.05) is 27.2 Å². The zero-order valence-corrected chi connectivity index (χ0v) is 14.4. The van der Waals surface area contributed by atoms with Crippen molar-refractivity contribution in [1.29, 1.82) is 0 Å². The number of amides is 1. The maximum absolute atomic E-state index is 11.7. The van der Waals surface area contributed by atoms with E-state index in [1.165, 1.54) is 0 Å². The Balaban J connectivity index is 2.69. The molecule has 0 unspecified atom stereocenters. The van der Waals surface area contributed by atoms with Gasteiger partial charge in [-0.25, -0.2) is 4.99 Å². The zero-order chi connectivity index (χ0) is 16.5. The predicted octanol–water partition coefficient (Wildman–Crippen LogP) is 2.12.